The summed E-state index contributed by atoms with van der Waals surface area (Å²) in [5.74, 6) is 1.07. The number of Topliss-reactive ketones (excluding diaryl/α,β-unsaturated/α-hetero) is 1. The average molecular weight is 256 g/mol. The van der Waals surface area contributed by atoms with Crippen molar-refractivity contribution in [3.05, 3.63) is 41.9 Å². The van der Waals surface area contributed by atoms with Crippen molar-refractivity contribution in [3.63, 3.8) is 0 Å². The summed E-state index contributed by atoms with van der Waals surface area (Å²) < 4.78 is 0. The van der Waals surface area contributed by atoms with E-state index in [4.69, 9.17) is 0 Å². The Morgan fingerprint density at radius 3 is 2.58 bits per heavy atom. The lowest BCUT2D eigenvalue weighted by molar-refractivity contribution is -0.117. The van der Waals surface area contributed by atoms with E-state index in [1.54, 1.807) is 6.92 Å². The molecular weight excluding hydrogens is 236 g/mol. The second kappa shape index (κ2) is 6.32. The zero-order valence-electron chi connectivity index (χ0n) is 11.6. The zero-order chi connectivity index (χ0) is 13.7. The van der Waals surface area contributed by atoms with Crippen molar-refractivity contribution in [2.24, 2.45) is 0 Å². The van der Waals surface area contributed by atoms with E-state index in [2.05, 4.69) is 41.2 Å². The number of aromatic nitrogens is 2. The lowest BCUT2D eigenvalue weighted by Crippen LogP contribution is -1.95. The first kappa shape index (κ1) is 13.5. The minimum atomic E-state index is 0.196. The van der Waals surface area contributed by atoms with E-state index in [-0.39, 0.29) is 5.78 Å². The molecule has 1 N–H and O–H groups in total. The van der Waals surface area contributed by atoms with Crippen LogP contribution in [0.3, 0.4) is 0 Å². The number of H-pyrrole nitrogens is 1. The van der Waals surface area contributed by atoms with Gasteiger partial charge in [0, 0.05) is 12.8 Å². The third-order valence-electron chi connectivity index (χ3n) is 3.15. The Bertz CT molecular complexity index is 540. The number of nitrogens with one attached hydrogen (secondary N) is 1. The standard InChI is InChI=1S/C16H20N2O/c1-3-4-13-6-8-14(9-7-13)15-11-17-16(18-15)10-5-12(2)19/h6-9,11H,3-5,10H2,1-2H3,(H,17,18). The van der Waals surface area contributed by atoms with Crippen LogP contribution in [0.5, 0.6) is 0 Å². The van der Waals surface area contributed by atoms with Crippen molar-refractivity contribution >= 4 is 5.78 Å². The Labute approximate surface area is 114 Å². The Morgan fingerprint density at radius 2 is 1.95 bits per heavy atom. The van der Waals surface area contributed by atoms with Crippen molar-refractivity contribution in [3.8, 4) is 11.3 Å². The van der Waals surface area contributed by atoms with Crippen LogP contribution in [0.25, 0.3) is 11.3 Å². The highest BCUT2D eigenvalue weighted by molar-refractivity contribution is 5.75. The number of carbonyl (C=O) groups is 1. The molecule has 0 radical (unpaired) electrons. The summed E-state index contributed by atoms with van der Waals surface area (Å²) in [6.45, 7) is 3.79. The van der Waals surface area contributed by atoms with Gasteiger partial charge < -0.3 is 9.78 Å². The van der Waals surface area contributed by atoms with Crippen LogP contribution < -0.4 is 0 Å². The lowest BCUT2D eigenvalue weighted by atomic mass is 10.1. The van der Waals surface area contributed by atoms with Crippen molar-refractivity contribution in [2.45, 2.75) is 39.5 Å². The second-order valence-corrected chi connectivity index (χ2v) is 4.89. The molecule has 100 valence electrons. The third kappa shape index (κ3) is 3.78. The Hall–Kier alpha value is -1.90. The Balaban J connectivity index is 2.07. The molecule has 0 saturated heterocycles. The maximum absolute atomic E-state index is 11.0. The van der Waals surface area contributed by atoms with Crippen LogP contribution in [-0.2, 0) is 17.6 Å². The molecule has 0 unspecified atom stereocenters. The second-order valence-electron chi connectivity index (χ2n) is 4.89. The molecule has 1 aromatic heterocycles. The fraction of sp³-hybridized carbons (Fsp3) is 0.375. The number of rotatable bonds is 6. The van der Waals surface area contributed by atoms with Crippen molar-refractivity contribution < 1.29 is 4.79 Å². The summed E-state index contributed by atoms with van der Waals surface area (Å²) in [6.07, 6.45) is 5.35. The minimum Gasteiger partial charge on any atom is -0.342 e. The normalized spacial score (nSPS) is 10.6. The number of hydrogen-bond donors (Lipinski definition) is 1. The smallest absolute Gasteiger partial charge is 0.130 e. The van der Waals surface area contributed by atoms with E-state index in [9.17, 15) is 4.79 Å². The van der Waals surface area contributed by atoms with Crippen LogP contribution in [0.2, 0.25) is 0 Å². The summed E-state index contributed by atoms with van der Waals surface area (Å²) in [5.41, 5.74) is 3.52. The molecule has 1 aromatic carbocycles. The molecule has 2 rings (SSSR count). The summed E-state index contributed by atoms with van der Waals surface area (Å²) in [7, 11) is 0. The van der Waals surface area contributed by atoms with Gasteiger partial charge in [-0.05, 0) is 24.5 Å². The van der Waals surface area contributed by atoms with Gasteiger partial charge in [-0.3, -0.25) is 0 Å². The van der Waals surface area contributed by atoms with Crippen molar-refractivity contribution in [1.29, 1.82) is 0 Å². The molecule has 0 aliphatic heterocycles. The molecule has 19 heavy (non-hydrogen) atoms. The number of ketones is 1. The number of aromatic amines is 1. The van der Waals surface area contributed by atoms with Gasteiger partial charge in [-0.2, -0.15) is 0 Å². The molecule has 0 saturated carbocycles. The topological polar surface area (TPSA) is 45.8 Å². The molecule has 0 fully saturated rings. The summed E-state index contributed by atoms with van der Waals surface area (Å²) in [4.78, 5) is 18.5. The first-order chi connectivity index (χ1) is 9.19. The first-order valence-corrected chi connectivity index (χ1v) is 6.81. The van der Waals surface area contributed by atoms with Gasteiger partial charge in [0.15, 0.2) is 0 Å². The molecule has 0 aliphatic carbocycles. The summed E-state index contributed by atoms with van der Waals surface area (Å²) in [6, 6.07) is 8.56. The van der Waals surface area contributed by atoms with Gasteiger partial charge in [0.05, 0.1) is 11.9 Å². The van der Waals surface area contributed by atoms with Crippen LogP contribution in [0.4, 0.5) is 0 Å². The van der Waals surface area contributed by atoms with E-state index < -0.39 is 0 Å². The predicted molar refractivity (Wildman–Crippen MR) is 77.0 cm³/mol. The first-order valence-electron chi connectivity index (χ1n) is 6.81. The summed E-state index contributed by atoms with van der Waals surface area (Å²) in [5, 5.41) is 0. The highest BCUT2D eigenvalue weighted by atomic mass is 16.1. The molecule has 3 nitrogen and oxygen atoms in total. The molecule has 0 aliphatic rings. The molecule has 0 amide bonds. The van der Waals surface area contributed by atoms with Crippen LogP contribution in [0, 0.1) is 0 Å². The van der Waals surface area contributed by atoms with Gasteiger partial charge in [-0.1, -0.05) is 37.6 Å². The number of nitrogens with zero attached hydrogens (tertiary/aromatic N) is 1. The molecule has 1 heterocycles. The Morgan fingerprint density at radius 1 is 1.21 bits per heavy atom. The highest BCUT2D eigenvalue weighted by Crippen LogP contribution is 2.18. The Kier molecular flexibility index (Phi) is 4.50. The fourth-order valence-corrected chi connectivity index (χ4v) is 2.07. The van der Waals surface area contributed by atoms with E-state index in [0.29, 0.717) is 12.8 Å². The largest absolute Gasteiger partial charge is 0.342 e. The number of imidazole rings is 1. The number of benzene rings is 1. The van der Waals surface area contributed by atoms with Crippen LogP contribution in [0.1, 0.15) is 38.1 Å². The molecule has 3 heteroatoms. The van der Waals surface area contributed by atoms with Gasteiger partial charge in [0.25, 0.3) is 0 Å². The van der Waals surface area contributed by atoms with E-state index in [1.165, 1.54) is 12.0 Å². The van der Waals surface area contributed by atoms with Gasteiger partial charge in [0.1, 0.15) is 11.6 Å². The number of hydrogen-bond acceptors (Lipinski definition) is 2. The van der Waals surface area contributed by atoms with Crippen LogP contribution in [-0.4, -0.2) is 15.8 Å². The monoisotopic (exact) mass is 256 g/mol. The molecule has 0 spiro atoms. The maximum Gasteiger partial charge on any atom is 0.130 e. The molecule has 0 bridgehead atoms. The lowest BCUT2D eigenvalue weighted by Gasteiger charge is -2.01. The van der Waals surface area contributed by atoms with E-state index >= 15 is 0 Å². The predicted octanol–water partition coefficient (Wildman–Crippen LogP) is 3.55. The SMILES string of the molecule is CCCc1ccc(-c2cnc(CCC(C)=O)[nH]2)cc1. The summed E-state index contributed by atoms with van der Waals surface area (Å²) >= 11 is 0. The van der Waals surface area contributed by atoms with Crippen LogP contribution >= 0.6 is 0 Å². The zero-order valence-corrected chi connectivity index (χ0v) is 11.6. The van der Waals surface area contributed by atoms with Gasteiger partial charge in [-0.25, -0.2) is 4.98 Å². The number of aryl methyl sites for hydroxylation is 2. The molecular formula is C16H20N2O. The van der Waals surface area contributed by atoms with Crippen LogP contribution in [0.15, 0.2) is 30.5 Å². The third-order valence-corrected chi connectivity index (χ3v) is 3.15. The van der Waals surface area contributed by atoms with Gasteiger partial charge in [0.2, 0.25) is 0 Å². The van der Waals surface area contributed by atoms with Gasteiger partial charge >= 0.3 is 0 Å². The van der Waals surface area contributed by atoms with Crippen molar-refractivity contribution in [2.75, 3.05) is 0 Å². The number of carbonyl (C=O) groups excluding carboxylic acids is 1. The van der Waals surface area contributed by atoms with Gasteiger partial charge in [-0.15, -0.1) is 0 Å². The molecule has 0 atom stereocenters. The van der Waals surface area contributed by atoms with E-state index in [0.717, 1.165) is 23.5 Å². The molecule has 2 aromatic rings. The quantitative estimate of drug-likeness (QED) is 0.859. The van der Waals surface area contributed by atoms with Crippen molar-refractivity contribution in [1.82, 2.24) is 9.97 Å². The van der Waals surface area contributed by atoms with E-state index in [1.807, 2.05) is 6.20 Å². The highest BCUT2D eigenvalue weighted by Gasteiger charge is 2.04. The minimum absolute atomic E-state index is 0.196. The fourth-order valence-electron chi connectivity index (χ4n) is 2.07. The average Bonchev–Trinajstić information content (AvgIpc) is 2.86. The maximum atomic E-state index is 11.0.